The quantitative estimate of drug-likeness (QED) is 0.752. The molecule has 1 aromatic heterocycles. The molecule has 4 heterocycles. The number of pyridine rings is 1. The van der Waals surface area contributed by atoms with Crippen molar-refractivity contribution in [3.63, 3.8) is 0 Å². The van der Waals surface area contributed by atoms with Crippen LogP contribution in [0.15, 0.2) is 35.3 Å². The van der Waals surface area contributed by atoms with E-state index in [1.165, 1.54) is 4.57 Å². The summed E-state index contributed by atoms with van der Waals surface area (Å²) in [5.74, 6) is 1.34. The van der Waals surface area contributed by atoms with Gasteiger partial charge in [0.05, 0.1) is 11.7 Å². The van der Waals surface area contributed by atoms with Crippen LogP contribution in [0.4, 0.5) is 0 Å². The summed E-state index contributed by atoms with van der Waals surface area (Å²) in [5, 5.41) is 0. The molecule has 0 bridgehead atoms. The lowest BCUT2D eigenvalue weighted by Crippen LogP contribution is -2.50. The lowest BCUT2D eigenvalue weighted by molar-refractivity contribution is -0.127. The van der Waals surface area contributed by atoms with Gasteiger partial charge < -0.3 is 19.3 Å². The van der Waals surface area contributed by atoms with Crippen molar-refractivity contribution in [2.45, 2.75) is 25.8 Å². The minimum atomic E-state index is -0.364. The summed E-state index contributed by atoms with van der Waals surface area (Å²) in [4.78, 5) is 42.1. The molecule has 2 saturated heterocycles. The summed E-state index contributed by atoms with van der Waals surface area (Å²) in [6.07, 6.45) is 2.99. The van der Waals surface area contributed by atoms with Crippen molar-refractivity contribution in [3.8, 4) is 17.2 Å². The van der Waals surface area contributed by atoms with E-state index in [2.05, 4.69) is 0 Å². The molecule has 0 N–H and O–H groups in total. The number of aromatic nitrogens is 1. The molecule has 2 aromatic rings. The van der Waals surface area contributed by atoms with Gasteiger partial charge in [-0.2, -0.15) is 0 Å². The predicted octanol–water partition coefficient (Wildman–Crippen LogP) is 1.57. The monoisotopic (exact) mass is 409 g/mol. The molecular weight excluding hydrogens is 386 g/mol. The highest BCUT2D eigenvalue weighted by Gasteiger charge is 2.42. The minimum absolute atomic E-state index is 0.0234. The fourth-order valence-electron chi connectivity index (χ4n) is 4.68. The van der Waals surface area contributed by atoms with Gasteiger partial charge >= 0.3 is 0 Å². The Hall–Kier alpha value is -3.29. The number of carbonyl (C=O) groups is 2. The van der Waals surface area contributed by atoms with E-state index in [1.54, 1.807) is 54.2 Å². The van der Waals surface area contributed by atoms with Gasteiger partial charge in [0, 0.05) is 38.8 Å². The molecule has 8 nitrogen and oxygen atoms in total. The van der Waals surface area contributed by atoms with Crippen molar-refractivity contribution >= 4 is 11.8 Å². The van der Waals surface area contributed by atoms with Crippen LogP contribution in [0.1, 0.15) is 28.8 Å². The first kappa shape index (κ1) is 18.7. The molecule has 0 radical (unpaired) electrons. The van der Waals surface area contributed by atoms with Crippen LogP contribution >= 0.6 is 0 Å². The van der Waals surface area contributed by atoms with E-state index in [-0.39, 0.29) is 41.7 Å². The highest BCUT2D eigenvalue weighted by molar-refractivity contribution is 5.95. The number of carbonyl (C=O) groups excluding carboxylic acids is 2. The number of hydrogen-bond acceptors (Lipinski definition) is 5. The number of nitrogens with zero attached hydrogens (tertiary/aromatic N) is 3. The molecule has 0 saturated carbocycles. The molecule has 0 unspecified atom stereocenters. The maximum Gasteiger partial charge on any atom is 0.268 e. The highest BCUT2D eigenvalue weighted by Crippen LogP contribution is 2.34. The standard InChI is InChI=1S/C22H23N3O5/c1-13-5-8-25(15-3-4-17-18(10-15)30-12-29-17)22(28)20(13)21(27)24-7-6-14-9-19(26)23(2)16(14)11-24/h3-5,8,10,14,16H,6-7,9,11-12H2,1-2H3/t14-,16-/m1/s1. The summed E-state index contributed by atoms with van der Waals surface area (Å²) in [7, 11) is 1.79. The van der Waals surface area contributed by atoms with Crippen molar-refractivity contribution < 1.29 is 19.1 Å². The summed E-state index contributed by atoms with van der Waals surface area (Å²) in [5.41, 5.74) is 1.05. The molecule has 0 aliphatic carbocycles. The summed E-state index contributed by atoms with van der Waals surface area (Å²) < 4.78 is 12.2. The van der Waals surface area contributed by atoms with Gasteiger partial charge in [-0.3, -0.25) is 19.0 Å². The van der Waals surface area contributed by atoms with E-state index in [0.717, 1.165) is 6.42 Å². The SMILES string of the molecule is Cc1ccn(-c2ccc3c(c2)OCO3)c(=O)c1C(=O)N1CC[C@@H]2CC(=O)N(C)[C@@H]2C1. The fourth-order valence-corrected chi connectivity index (χ4v) is 4.68. The molecular formula is C22H23N3O5. The Morgan fingerprint density at radius 1 is 1.13 bits per heavy atom. The summed E-state index contributed by atoms with van der Waals surface area (Å²) in [6.45, 7) is 2.94. The summed E-state index contributed by atoms with van der Waals surface area (Å²) in [6, 6.07) is 7.05. The van der Waals surface area contributed by atoms with E-state index in [0.29, 0.717) is 42.3 Å². The van der Waals surface area contributed by atoms with E-state index in [4.69, 9.17) is 9.47 Å². The van der Waals surface area contributed by atoms with Gasteiger partial charge in [-0.25, -0.2) is 0 Å². The maximum absolute atomic E-state index is 13.4. The minimum Gasteiger partial charge on any atom is -0.454 e. The van der Waals surface area contributed by atoms with E-state index in [1.807, 2.05) is 0 Å². The second-order valence-corrected chi connectivity index (χ2v) is 8.16. The Morgan fingerprint density at radius 2 is 1.93 bits per heavy atom. The van der Waals surface area contributed by atoms with E-state index >= 15 is 0 Å². The molecule has 2 amide bonds. The van der Waals surface area contributed by atoms with Crippen molar-refractivity contribution in [2.75, 3.05) is 26.9 Å². The zero-order valence-corrected chi connectivity index (χ0v) is 17.0. The molecule has 2 atom stereocenters. The average molecular weight is 409 g/mol. The third-order valence-electron chi connectivity index (χ3n) is 6.49. The molecule has 8 heteroatoms. The Morgan fingerprint density at radius 3 is 2.77 bits per heavy atom. The van der Waals surface area contributed by atoms with Crippen LogP contribution < -0.4 is 15.0 Å². The number of hydrogen-bond donors (Lipinski definition) is 0. The highest BCUT2D eigenvalue weighted by atomic mass is 16.7. The Bertz CT molecular complexity index is 1110. The van der Waals surface area contributed by atoms with Crippen LogP contribution in [0.5, 0.6) is 11.5 Å². The Balaban J connectivity index is 1.47. The molecule has 0 spiro atoms. The average Bonchev–Trinajstić information content (AvgIpc) is 3.31. The molecule has 156 valence electrons. The Kier molecular flexibility index (Phi) is 4.30. The van der Waals surface area contributed by atoms with Gasteiger partial charge in [-0.15, -0.1) is 0 Å². The van der Waals surface area contributed by atoms with E-state index < -0.39 is 0 Å². The first-order valence-corrected chi connectivity index (χ1v) is 10.1. The van der Waals surface area contributed by atoms with E-state index in [9.17, 15) is 14.4 Å². The van der Waals surface area contributed by atoms with Gasteiger partial charge in [-0.1, -0.05) is 0 Å². The number of likely N-dealkylation sites (tertiary alicyclic amines) is 2. The van der Waals surface area contributed by atoms with Gasteiger partial charge in [-0.05, 0) is 43.0 Å². The van der Waals surface area contributed by atoms with Gasteiger partial charge in [0.25, 0.3) is 11.5 Å². The molecule has 3 aliphatic heterocycles. The number of aryl methyl sites for hydroxylation is 1. The number of amides is 2. The number of piperidine rings is 1. The number of rotatable bonds is 2. The largest absolute Gasteiger partial charge is 0.454 e. The zero-order chi connectivity index (χ0) is 21.0. The lowest BCUT2D eigenvalue weighted by Gasteiger charge is -2.37. The number of fused-ring (bicyclic) bond motifs is 2. The van der Waals surface area contributed by atoms with Gasteiger partial charge in [0.2, 0.25) is 12.7 Å². The van der Waals surface area contributed by atoms with Crippen molar-refractivity contribution in [3.05, 3.63) is 51.9 Å². The maximum atomic E-state index is 13.4. The molecule has 1 aromatic carbocycles. The third kappa shape index (κ3) is 2.86. The van der Waals surface area contributed by atoms with Crippen molar-refractivity contribution in [2.24, 2.45) is 5.92 Å². The summed E-state index contributed by atoms with van der Waals surface area (Å²) >= 11 is 0. The van der Waals surface area contributed by atoms with Crippen LogP contribution in [0, 0.1) is 12.8 Å². The second-order valence-electron chi connectivity index (χ2n) is 8.16. The number of benzene rings is 1. The number of likely N-dealkylation sites (N-methyl/N-ethyl adjacent to an activating group) is 1. The molecule has 2 fully saturated rings. The first-order valence-electron chi connectivity index (χ1n) is 10.1. The molecule has 30 heavy (non-hydrogen) atoms. The Labute approximate surface area is 173 Å². The smallest absolute Gasteiger partial charge is 0.268 e. The van der Waals surface area contributed by atoms with Crippen LogP contribution in [0.25, 0.3) is 5.69 Å². The van der Waals surface area contributed by atoms with Crippen LogP contribution in [0.2, 0.25) is 0 Å². The molecule has 5 rings (SSSR count). The second kappa shape index (κ2) is 6.90. The first-order chi connectivity index (χ1) is 14.4. The van der Waals surface area contributed by atoms with Crippen molar-refractivity contribution in [1.29, 1.82) is 0 Å². The van der Waals surface area contributed by atoms with Gasteiger partial charge in [0.1, 0.15) is 5.56 Å². The van der Waals surface area contributed by atoms with Crippen LogP contribution in [0.3, 0.4) is 0 Å². The zero-order valence-electron chi connectivity index (χ0n) is 17.0. The predicted molar refractivity (Wildman–Crippen MR) is 108 cm³/mol. The van der Waals surface area contributed by atoms with Crippen molar-refractivity contribution in [1.82, 2.24) is 14.4 Å². The third-order valence-corrected chi connectivity index (χ3v) is 6.49. The van der Waals surface area contributed by atoms with Gasteiger partial charge in [0.15, 0.2) is 11.5 Å². The topological polar surface area (TPSA) is 81.1 Å². The molecule has 3 aliphatic rings. The van der Waals surface area contributed by atoms with Crippen LogP contribution in [-0.4, -0.2) is 59.2 Å². The number of ether oxygens (including phenoxy) is 2. The van der Waals surface area contributed by atoms with Crippen LogP contribution in [-0.2, 0) is 4.79 Å². The normalized spacial score (nSPS) is 22.4. The lowest BCUT2D eigenvalue weighted by atomic mass is 9.91. The fraction of sp³-hybridized carbons (Fsp3) is 0.409.